The molecule has 96 valence electrons. The number of nitrogens with one attached hydrogen (secondary N) is 1. The van der Waals surface area contributed by atoms with Gasteiger partial charge in [-0.25, -0.2) is 0 Å². The Hall–Kier alpha value is -2.62. The lowest BCUT2D eigenvalue weighted by atomic mass is 10.1. The fourth-order valence-corrected chi connectivity index (χ4v) is 1.60. The van der Waals surface area contributed by atoms with Gasteiger partial charge >= 0.3 is 0 Å². The Balaban J connectivity index is 2.07. The van der Waals surface area contributed by atoms with Crippen LogP contribution in [0.3, 0.4) is 0 Å². The van der Waals surface area contributed by atoms with Gasteiger partial charge in [0.15, 0.2) is 5.78 Å². The first-order valence-electron chi connectivity index (χ1n) is 5.84. The summed E-state index contributed by atoms with van der Waals surface area (Å²) < 4.78 is 0. The van der Waals surface area contributed by atoms with E-state index in [4.69, 9.17) is 0 Å². The molecule has 2 rings (SSSR count). The van der Waals surface area contributed by atoms with Crippen molar-refractivity contribution in [2.24, 2.45) is 0 Å². The van der Waals surface area contributed by atoms with E-state index in [1.165, 1.54) is 6.08 Å². The van der Waals surface area contributed by atoms with Crippen LogP contribution in [0.25, 0.3) is 0 Å². The van der Waals surface area contributed by atoms with Crippen molar-refractivity contribution in [3.8, 4) is 5.75 Å². The average molecular weight is 254 g/mol. The van der Waals surface area contributed by atoms with Gasteiger partial charge in [0, 0.05) is 35.4 Å². The molecule has 0 bridgehead atoms. The zero-order valence-corrected chi connectivity index (χ0v) is 10.5. The Bertz CT molecular complexity index is 589. The molecule has 2 N–H and O–H groups in total. The maximum atomic E-state index is 11.9. The van der Waals surface area contributed by atoms with Crippen molar-refractivity contribution < 1.29 is 9.90 Å². The third kappa shape index (κ3) is 3.67. The smallest absolute Gasteiger partial charge is 0.187 e. The number of rotatable bonds is 4. The number of hydrogen-bond acceptors (Lipinski definition) is 4. The fourth-order valence-electron chi connectivity index (χ4n) is 1.60. The largest absolute Gasteiger partial charge is 0.508 e. The number of pyridine rings is 1. The topological polar surface area (TPSA) is 62.2 Å². The lowest BCUT2D eigenvalue weighted by molar-refractivity contribution is 0.104. The van der Waals surface area contributed by atoms with Gasteiger partial charge in [-0.1, -0.05) is 0 Å². The second-order valence-electron chi connectivity index (χ2n) is 4.10. The molecule has 0 aliphatic carbocycles. The standard InChI is InChI=1S/C15H14N2O2/c1-11(17-13-2-4-14(18)5-3-13)10-15(19)12-6-8-16-9-7-12/h2-10,17-18H,1H3/b11-10+. The number of phenols is 1. The molecule has 4 nitrogen and oxygen atoms in total. The van der Waals surface area contributed by atoms with Crippen molar-refractivity contribution in [1.29, 1.82) is 0 Å². The zero-order chi connectivity index (χ0) is 13.7. The summed E-state index contributed by atoms with van der Waals surface area (Å²) in [5, 5.41) is 12.3. The molecule has 0 unspecified atom stereocenters. The third-order valence-corrected chi connectivity index (χ3v) is 2.52. The Morgan fingerprint density at radius 1 is 1.16 bits per heavy atom. The number of nitrogens with zero attached hydrogens (tertiary/aromatic N) is 1. The minimum atomic E-state index is -0.0776. The maximum absolute atomic E-state index is 11.9. The summed E-state index contributed by atoms with van der Waals surface area (Å²) in [6, 6.07) is 9.99. The van der Waals surface area contributed by atoms with Gasteiger partial charge in [-0.3, -0.25) is 9.78 Å². The number of anilines is 1. The van der Waals surface area contributed by atoms with E-state index in [1.54, 1.807) is 48.8 Å². The van der Waals surface area contributed by atoms with E-state index in [9.17, 15) is 9.90 Å². The zero-order valence-electron chi connectivity index (χ0n) is 10.5. The average Bonchev–Trinajstić information content (AvgIpc) is 2.42. The van der Waals surface area contributed by atoms with Crippen LogP contribution in [0, 0.1) is 0 Å². The number of phenolic OH excluding ortho intramolecular Hbond substituents is 1. The molecule has 1 aromatic carbocycles. The molecule has 4 heteroatoms. The highest BCUT2D eigenvalue weighted by Gasteiger charge is 2.02. The first kappa shape index (κ1) is 12.8. The van der Waals surface area contributed by atoms with E-state index in [-0.39, 0.29) is 11.5 Å². The van der Waals surface area contributed by atoms with Crippen molar-refractivity contribution in [3.63, 3.8) is 0 Å². The van der Waals surface area contributed by atoms with Crippen LogP contribution in [-0.4, -0.2) is 15.9 Å². The monoisotopic (exact) mass is 254 g/mol. The molecule has 1 aromatic heterocycles. The maximum Gasteiger partial charge on any atom is 0.187 e. The minimum absolute atomic E-state index is 0.0776. The number of carbonyl (C=O) groups is 1. The Labute approximate surface area is 111 Å². The van der Waals surface area contributed by atoms with Gasteiger partial charge in [0.2, 0.25) is 0 Å². The molecule has 2 aromatic rings. The van der Waals surface area contributed by atoms with Crippen molar-refractivity contribution in [3.05, 3.63) is 66.1 Å². The molecule has 1 heterocycles. The summed E-state index contributed by atoms with van der Waals surface area (Å²) in [5.74, 6) is 0.131. The van der Waals surface area contributed by atoms with Crippen LogP contribution in [0.15, 0.2) is 60.6 Å². The van der Waals surface area contributed by atoms with Gasteiger partial charge in [0.05, 0.1) is 0 Å². The molecule has 0 aliphatic rings. The first-order valence-corrected chi connectivity index (χ1v) is 5.84. The van der Waals surface area contributed by atoms with E-state index in [0.29, 0.717) is 5.56 Å². The van der Waals surface area contributed by atoms with Crippen molar-refractivity contribution in [2.75, 3.05) is 5.32 Å². The third-order valence-electron chi connectivity index (χ3n) is 2.52. The molecule has 0 fully saturated rings. The summed E-state index contributed by atoms with van der Waals surface area (Å²) in [7, 11) is 0. The quantitative estimate of drug-likeness (QED) is 0.500. The molecule has 0 saturated carbocycles. The molecule has 19 heavy (non-hydrogen) atoms. The number of allylic oxidation sites excluding steroid dienone is 2. The van der Waals surface area contributed by atoms with Gasteiger partial charge in [0.1, 0.15) is 5.75 Å². The van der Waals surface area contributed by atoms with Gasteiger partial charge in [0.25, 0.3) is 0 Å². The molecule has 0 atom stereocenters. The van der Waals surface area contributed by atoms with Crippen LogP contribution in [0.1, 0.15) is 17.3 Å². The number of aromatic hydroxyl groups is 1. The Morgan fingerprint density at radius 2 is 1.79 bits per heavy atom. The van der Waals surface area contributed by atoms with Crippen LogP contribution in [0.4, 0.5) is 5.69 Å². The number of aromatic nitrogens is 1. The second-order valence-corrected chi connectivity index (χ2v) is 4.10. The highest BCUT2D eigenvalue weighted by molar-refractivity contribution is 6.04. The summed E-state index contributed by atoms with van der Waals surface area (Å²) in [4.78, 5) is 15.8. The van der Waals surface area contributed by atoms with E-state index in [1.807, 2.05) is 6.92 Å². The molecule has 0 saturated heterocycles. The Kier molecular flexibility index (Phi) is 3.93. The minimum Gasteiger partial charge on any atom is -0.508 e. The fraction of sp³-hybridized carbons (Fsp3) is 0.0667. The molecular formula is C15H14N2O2. The summed E-state index contributed by atoms with van der Waals surface area (Å²) >= 11 is 0. The normalized spacial score (nSPS) is 11.1. The van der Waals surface area contributed by atoms with Gasteiger partial charge in [-0.2, -0.15) is 0 Å². The van der Waals surface area contributed by atoms with E-state index < -0.39 is 0 Å². The van der Waals surface area contributed by atoms with E-state index in [2.05, 4.69) is 10.3 Å². The highest BCUT2D eigenvalue weighted by Crippen LogP contribution is 2.15. The van der Waals surface area contributed by atoms with Gasteiger partial charge < -0.3 is 10.4 Å². The lowest BCUT2D eigenvalue weighted by Gasteiger charge is -2.06. The Morgan fingerprint density at radius 3 is 2.42 bits per heavy atom. The van der Waals surface area contributed by atoms with Crippen LogP contribution >= 0.6 is 0 Å². The first-order chi connectivity index (χ1) is 9.15. The predicted molar refractivity (Wildman–Crippen MR) is 74.1 cm³/mol. The summed E-state index contributed by atoms with van der Waals surface area (Å²) in [5.41, 5.74) is 2.14. The van der Waals surface area contributed by atoms with Crippen molar-refractivity contribution >= 4 is 11.5 Å². The molecular weight excluding hydrogens is 240 g/mol. The number of hydrogen-bond donors (Lipinski definition) is 2. The van der Waals surface area contributed by atoms with Crippen LogP contribution in [0.2, 0.25) is 0 Å². The second kappa shape index (κ2) is 5.82. The van der Waals surface area contributed by atoms with Crippen LogP contribution < -0.4 is 5.32 Å². The number of ketones is 1. The number of carbonyl (C=O) groups excluding carboxylic acids is 1. The van der Waals surface area contributed by atoms with Crippen LogP contribution in [-0.2, 0) is 0 Å². The molecule has 0 radical (unpaired) electrons. The predicted octanol–water partition coefficient (Wildman–Crippen LogP) is 2.99. The lowest BCUT2D eigenvalue weighted by Crippen LogP contribution is -2.01. The summed E-state index contributed by atoms with van der Waals surface area (Å²) in [6.45, 7) is 1.81. The molecule has 0 amide bonds. The van der Waals surface area contributed by atoms with Gasteiger partial charge in [-0.15, -0.1) is 0 Å². The van der Waals surface area contributed by atoms with Gasteiger partial charge in [-0.05, 0) is 43.3 Å². The highest BCUT2D eigenvalue weighted by atomic mass is 16.3. The van der Waals surface area contributed by atoms with E-state index in [0.717, 1.165) is 11.4 Å². The summed E-state index contributed by atoms with van der Waals surface area (Å²) in [6.07, 6.45) is 4.70. The SMILES string of the molecule is C/C(=C\C(=O)c1ccncc1)Nc1ccc(O)cc1. The van der Waals surface area contributed by atoms with E-state index >= 15 is 0 Å². The van der Waals surface area contributed by atoms with Crippen molar-refractivity contribution in [1.82, 2.24) is 4.98 Å². The van der Waals surface area contributed by atoms with Crippen molar-refractivity contribution in [2.45, 2.75) is 6.92 Å². The molecule has 0 aliphatic heterocycles. The van der Waals surface area contributed by atoms with Crippen LogP contribution in [0.5, 0.6) is 5.75 Å². The molecule has 0 spiro atoms. The number of benzene rings is 1.